The monoisotopic (exact) mass is 1340 g/mol. The summed E-state index contributed by atoms with van der Waals surface area (Å²) in [7, 11) is 0. The van der Waals surface area contributed by atoms with Gasteiger partial charge < -0.3 is 95.8 Å². The van der Waals surface area contributed by atoms with E-state index in [1.54, 1.807) is 0 Å². The van der Waals surface area contributed by atoms with E-state index in [-0.39, 0.29) is 79.6 Å². The number of aromatic hydroxyl groups is 1. The quantitative estimate of drug-likeness (QED) is 0.0218. The van der Waals surface area contributed by atoms with E-state index in [0.29, 0.717) is 44.2 Å². The number of nitrogens with one attached hydrogen (secondary N) is 12. The van der Waals surface area contributed by atoms with Crippen LogP contribution in [-0.2, 0) is 75.2 Å². The maximum atomic E-state index is 14.3. The molecule has 3 rings (SSSR count). The normalized spacial score (nSPS) is 16.1. The molecule has 36 heteroatoms. The molecule has 11 atom stereocenters. The molecular formula is C54H85N17O15S4. The number of phenols is 1. The number of nitrogens with two attached hydrogens (primary N) is 3. The number of H-pyrrole nitrogens is 1. The maximum absolute atomic E-state index is 14.3. The number of nitrogens with zero attached hydrogens (tertiary/aromatic N) is 2. The van der Waals surface area contributed by atoms with Crippen molar-refractivity contribution in [3.8, 4) is 5.75 Å². The molecule has 1 aliphatic rings. The van der Waals surface area contributed by atoms with Crippen LogP contribution in [0.4, 0.5) is 0 Å². The van der Waals surface area contributed by atoms with Gasteiger partial charge in [0.1, 0.15) is 72.2 Å². The number of thiol groups is 4. The average Bonchev–Trinajstić information content (AvgIpc) is 2.04. The summed E-state index contributed by atoms with van der Waals surface area (Å²) in [5.41, 5.74) is 17.4. The summed E-state index contributed by atoms with van der Waals surface area (Å²) >= 11 is 16.5. The van der Waals surface area contributed by atoms with Crippen molar-refractivity contribution < 1.29 is 72.5 Å². The molecule has 0 radical (unpaired) electrons. The minimum absolute atomic E-state index is 0.0181. The number of carbonyl (C=O) groups is 13. The zero-order valence-electron chi connectivity index (χ0n) is 49.9. The molecule has 32 nitrogen and oxygen atoms in total. The van der Waals surface area contributed by atoms with Crippen LogP contribution < -0.4 is 75.7 Å². The number of aromatic amines is 1. The fraction of sp³-hybridized carbons (Fsp3) is 0.593. The molecule has 20 N–H and O–H groups in total. The fourth-order valence-corrected chi connectivity index (χ4v) is 10.0. The Balaban J connectivity index is 1.72. The summed E-state index contributed by atoms with van der Waals surface area (Å²) < 4.78 is 0. The lowest BCUT2D eigenvalue weighted by atomic mass is 10.0. The van der Waals surface area contributed by atoms with E-state index in [1.165, 1.54) is 55.5 Å². The number of hydrogen-bond donors (Lipinski definition) is 21. The van der Waals surface area contributed by atoms with E-state index in [4.69, 9.17) is 17.2 Å². The molecule has 1 saturated heterocycles. The standard InChI is InChI=1S/C54H85N17O15S4/c1-28(61-53(85)42-10-7-17-71(42)54(86)34(9-4-6-16-56)64-52(84)41(26-90)70-51(83)40(25-89)62-29(2)73)45(77)69-39(24-88)46(78)59-21-43(75)63-33(8-3-5-15-55)47(79)66-36(19-31-20-58-27-60-31)49(81)65-35(18-30-11-13-32(74)14-12-30)48(80)67-37(22-72)50(82)68-38(23-87)44(57)76/h11-14,20,27-28,33-42,72,74,87-90H,3-10,15-19,21-26,55-56H2,1-2H3,(H2,57,76)(H,58,60)(H,59,78)(H,61,85)(H,62,73)(H,63,75)(H,64,84)(H,65,81)(H,66,79)(H,67,80)(H,68,82)(H,69,77)(H,70,83)/t28-,33-,34-,35-,36-,37-,38-,39-,40-,41-,42-/m0/s1. The van der Waals surface area contributed by atoms with Crippen molar-refractivity contribution in [2.45, 2.75) is 145 Å². The molecule has 0 aliphatic carbocycles. The van der Waals surface area contributed by atoms with Gasteiger partial charge >= 0.3 is 0 Å². The predicted molar refractivity (Wildman–Crippen MR) is 340 cm³/mol. The van der Waals surface area contributed by atoms with Crippen LogP contribution in [0.3, 0.4) is 0 Å². The molecule has 1 aromatic heterocycles. The molecule has 1 aromatic carbocycles. The van der Waals surface area contributed by atoms with Crippen LogP contribution in [-0.4, -0.2) is 224 Å². The summed E-state index contributed by atoms with van der Waals surface area (Å²) in [5, 5.41) is 47.4. The van der Waals surface area contributed by atoms with Gasteiger partial charge in [-0.25, -0.2) is 4.98 Å². The van der Waals surface area contributed by atoms with Gasteiger partial charge in [0.2, 0.25) is 76.8 Å². The molecule has 0 bridgehead atoms. The second-order valence-corrected chi connectivity index (χ2v) is 22.4. The first-order chi connectivity index (χ1) is 42.8. The Morgan fingerprint density at radius 2 is 1.08 bits per heavy atom. The third-order valence-corrected chi connectivity index (χ3v) is 15.4. The van der Waals surface area contributed by atoms with E-state index in [2.05, 4.69) is 119 Å². The number of benzene rings is 1. The van der Waals surface area contributed by atoms with E-state index >= 15 is 0 Å². The van der Waals surface area contributed by atoms with Gasteiger partial charge in [-0.05, 0) is 89.1 Å². The molecule has 1 aliphatic heterocycles. The lowest BCUT2D eigenvalue weighted by Crippen LogP contribution is -2.60. The van der Waals surface area contributed by atoms with E-state index in [0.717, 1.165) is 0 Å². The number of rotatable bonds is 40. The number of aliphatic hydroxyl groups excluding tert-OH is 1. The Hall–Kier alpha value is -7.38. The van der Waals surface area contributed by atoms with Crippen molar-refractivity contribution in [1.82, 2.24) is 73.4 Å². The zero-order valence-corrected chi connectivity index (χ0v) is 53.4. The first-order valence-corrected chi connectivity index (χ1v) is 31.4. The lowest BCUT2D eigenvalue weighted by Gasteiger charge is -2.30. The third-order valence-electron chi connectivity index (χ3n) is 13.9. The van der Waals surface area contributed by atoms with Crippen molar-refractivity contribution in [2.24, 2.45) is 17.2 Å². The van der Waals surface area contributed by atoms with Crippen molar-refractivity contribution >= 4 is 127 Å². The van der Waals surface area contributed by atoms with Gasteiger partial charge in [0.05, 0.1) is 25.2 Å². The number of amides is 13. The van der Waals surface area contributed by atoms with Crippen LogP contribution in [0, 0.1) is 0 Å². The van der Waals surface area contributed by atoms with Crippen LogP contribution in [0.2, 0.25) is 0 Å². The van der Waals surface area contributed by atoms with Crippen LogP contribution in [0.25, 0.3) is 0 Å². The molecule has 13 amide bonds. The molecule has 1 fully saturated rings. The molecule has 0 unspecified atom stereocenters. The number of aromatic nitrogens is 2. The summed E-state index contributed by atoms with van der Waals surface area (Å²) in [4.78, 5) is 182. The number of likely N-dealkylation sites (tertiary alicyclic amines) is 1. The highest BCUT2D eigenvalue weighted by molar-refractivity contribution is 7.80. The van der Waals surface area contributed by atoms with Crippen molar-refractivity contribution in [3.05, 3.63) is 48.0 Å². The molecule has 90 heavy (non-hydrogen) atoms. The van der Waals surface area contributed by atoms with E-state index in [9.17, 15) is 72.5 Å². The number of imidazole rings is 1. The number of hydrogen-bond acceptors (Lipinski definition) is 22. The maximum Gasteiger partial charge on any atom is 0.245 e. The Labute approximate surface area is 541 Å². The van der Waals surface area contributed by atoms with Crippen LogP contribution in [0.5, 0.6) is 5.75 Å². The molecule has 0 spiro atoms. The average molecular weight is 1340 g/mol. The fourth-order valence-electron chi connectivity index (χ4n) is 8.98. The van der Waals surface area contributed by atoms with Crippen molar-refractivity contribution in [2.75, 3.05) is 55.8 Å². The van der Waals surface area contributed by atoms with Gasteiger partial charge in [-0.15, -0.1) is 0 Å². The SMILES string of the molecule is CC(=O)N[C@@H](CS)C(=O)N[C@@H](CS)C(=O)N[C@@H](CCCCN)C(=O)N1CCC[C@H]1C(=O)N[C@@H](C)C(=O)N[C@@H](CS)C(=O)NCC(=O)N[C@@H](CCCCN)C(=O)N[C@@H](Cc1c[nH]cn1)C(=O)N[C@@H](Cc1ccc(O)cc1)C(=O)N[C@@H](CO)C(=O)N[C@@H](CS)C(N)=O. The van der Waals surface area contributed by atoms with Gasteiger partial charge in [-0.3, -0.25) is 62.3 Å². The number of phenolic OH excluding ortho intramolecular Hbond substituents is 1. The second-order valence-electron chi connectivity index (χ2n) is 21.0. The Morgan fingerprint density at radius 1 is 0.600 bits per heavy atom. The topological polar surface area (TPSA) is 505 Å². The highest BCUT2D eigenvalue weighted by Gasteiger charge is 2.40. The van der Waals surface area contributed by atoms with Gasteiger partial charge in [-0.2, -0.15) is 50.5 Å². The Kier molecular flexibility index (Phi) is 34.5. The van der Waals surface area contributed by atoms with Crippen molar-refractivity contribution in [3.63, 3.8) is 0 Å². The summed E-state index contributed by atoms with van der Waals surface area (Å²) in [5.74, 6) is -11.5. The Morgan fingerprint density at radius 3 is 1.61 bits per heavy atom. The minimum atomic E-state index is -1.65. The number of aliphatic hydroxyl groups is 1. The largest absolute Gasteiger partial charge is 0.508 e. The highest BCUT2D eigenvalue weighted by atomic mass is 32.1. The number of carbonyl (C=O) groups excluding carboxylic acids is 13. The van der Waals surface area contributed by atoms with Crippen LogP contribution in [0.15, 0.2) is 36.8 Å². The predicted octanol–water partition coefficient (Wildman–Crippen LogP) is -6.65. The van der Waals surface area contributed by atoms with Crippen molar-refractivity contribution in [1.29, 1.82) is 0 Å². The summed E-state index contributed by atoms with van der Waals surface area (Å²) in [6, 6.07) is -8.91. The zero-order chi connectivity index (χ0) is 67.0. The smallest absolute Gasteiger partial charge is 0.245 e. The van der Waals surface area contributed by atoms with Crippen LogP contribution in [0.1, 0.15) is 76.5 Å². The summed E-state index contributed by atoms with van der Waals surface area (Å²) in [6.45, 7) is 1.49. The van der Waals surface area contributed by atoms with Gasteiger partial charge in [-0.1, -0.05) is 12.1 Å². The molecule has 0 saturated carbocycles. The lowest BCUT2D eigenvalue weighted by molar-refractivity contribution is -0.142. The second kappa shape index (κ2) is 40.4. The number of primary amides is 1. The third kappa shape index (κ3) is 25.8. The number of unbranched alkanes of at least 4 members (excludes halogenated alkanes) is 2. The molecular weight excluding hydrogens is 1250 g/mol. The van der Waals surface area contributed by atoms with E-state index < -0.39 is 156 Å². The highest BCUT2D eigenvalue weighted by Crippen LogP contribution is 2.21. The first kappa shape index (κ1) is 76.9. The Bertz CT molecular complexity index is 2760. The van der Waals surface area contributed by atoms with Gasteiger partial charge in [0, 0.05) is 55.5 Å². The van der Waals surface area contributed by atoms with Gasteiger partial charge in [0.15, 0.2) is 0 Å². The van der Waals surface area contributed by atoms with E-state index in [1.807, 2.05) is 0 Å². The molecule has 2 aromatic rings. The van der Waals surface area contributed by atoms with Crippen LogP contribution >= 0.6 is 50.5 Å². The first-order valence-electron chi connectivity index (χ1n) is 28.9. The molecule has 500 valence electrons. The summed E-state index contributed by atoms with van der Waals surface area (Å²) in [6.07, 6.45) is 4.53. The van der Waals surface area contributed by atoms with Gasteiger partial charge in [0.25, 0.3) is 0 Å². The minimum Gasteiger partial charge on any atom is -0.508 e. The molecule has 2 heterocycles.